The Morgan fingerprint density at radius 3 is 3.00 bits per heavy atom. The zero-order valence-electron chi connectivity index (χ0n) is 6.99. The maximum Gasteiger partial charge on any atom is 0.151 e. The van der Waals surface area contributed by atoms with Crippen molar-refractivity contribution < 1.29 is 4.79 Å². The zero-order chi connectivity index (χ0) is 9.42. The van der Waals surface area contributed by atoms with E-state index in [0.717, 1.165) is 21.8 Å². The lowest BCUT2D eigenvalue weighted by Crippen LogP contribution is -1.86. The summed E-state index contributed by atoms with van der Waals surface area (Å²) in [7, 11) is 1.92. The van der Waals surface area contributed by atoms with Crippen molar-refractivity contribution in [1.82, 2.24) is 9.55 Å². The monoisotopic (exact) mass is 238 g/mol. The summed E-state index contributed by atoms with van der Waals surface area (Å²) in [6, 6.07) is 3.67. The van der Waals surface area contributed by atoms with Crippen LogP contribution in [0.5, 0.6) is 0 Å². The molecule has 2 rings (SSSR count). The number of aldehydes is 1. The van der Waals surface area contributed by atoms with Gasteiger partial charge in [0.05, 0.1) is 17.4 Å². The molecule has 4 heteroatoms. The van der Waals surface area contributed by atoms with Gasteiger partial charge < -0.3 is 4.57 Å². The molecule has 0 spiro atoms. The van der Waals surface area contributed by atoms with Gasteiger partial charge in [0, 0.05) is 17.1 Å². The first-order chi connectivity index (χ1) is 6.22. The van der Waals surface area contributed by atoms with Gasteiger partial charge in [-0.2, -0.15) is 0 Å². The fourth-order valence-electron chi connectivity index (χ4n) is 1.25. The minimum Gasteiger partial charge on any atom is -0.334 e. The van der Waals surface area contributed by atoms with Crippen LogP contribution in [0.1, 0.15) is 10.4 Å². The number of halogens is 1. The highest BCUT2D eigenvalue weighted by atomic mass is 79.9. The first-order valence-corrected chi connectivity index (χ1v) is 4.57. The molecule has 0 fully saturated rings. The van der Waals surface area contributed by atoms with Crippen LogP contribution >= 0.6 is 15.9 Å². The molecule has 0 aliphatic rings. The normalized spacial score (nSPS) is 10.6. The van der Waals surface area contributed by atoms with Crippen molar-refractivity contribution in [2.75, 3.05) is 0 Å². The molecule has 0 amide bonds. The molecular weight excluding hydrogens is 232 g/mol. The highest BCUT2D eigenvalue weighted by Gasteiger charge is 2.04. The third-order valence-electron chi connectivity index (χ3n) is 1.97. The van der Waals surface area contributed by atoms with E-state index in [2.05, 4.69) is 20.9 Å². The predicted octanol–water partition coefficient (Wildman–Crippen LogP) is 2.15. The van der Waals surface area contributed by atoms with Crippen LogP contribution < -0.4 is 0 Å². The number of fused-ring (bicyclic) bond motifs is 1. The molecule has 0 unspecified atom stereocenters. The van der Waals surface area contributed by atoms with Crippen molar-refractivity contribution in [3.63, 3.8) is 0 Å². The fourth-order valence-corrected chi connectivity index (χ4v) is 1.68. The highest BCUT2D eigenvalue weighted by Crippen LogP contribution is 2.21. The molecule has 0 aliphatic carbocycles. The number of imidazole rings is 1. The second kappa shape index (κ2) is 2.96. The van der Waals surface area contributed by atoms with E-state index in [4.69, 9.17) is 0 Å². The number of benzene rings is 1. The standard InChI is InChI=1S/C9H7BrN2O/c1-12-5-11-8-2-6(4-13)7(10)3-9(8)12/h2-5H,1H3. The van der Waals surface area contributed by atoms with Crippen LogP contribution in [0.3, 0.4) is 0 Å². The van der Waals surface area contributed by atoms with Gasteiger partial charge in [0.15, 0.2) is 6.29 Å². The maximum atomic E-state index is 10.6. The van der Waals surface area contributed by atoms with Crippen molar-refractivity contribution in [3.8, 4) is 0 Å². The number of aryl methyl sites for hydroxylation is 1. The Labute approximate surface area is 83.5 Å². The van der Waals surface area contributed by atoms with E-state index >= 15 is 0 Å². The van der Waals surface area contributed by atoms with E-state index < -0.39 is 0 Å². The van der Waals surface area contributed by atoms with E-state index in [-0.39, 0.29) is 0 Å². The van der Waals surface area contributed by atoms with Crippen molar-refractivity contribution >= 4 is 33.2 Å². The topological polar surface area (TPSA) is 34.9 Å². The van der Waals surface area contributed by atoms with Crippen molar-refractivity contribution in [2.45, 2.75) is 0 Å². The minimum absolute atomic E-state index is 0.631. The molecular formula is C9H7BrN2O. The Bertz CT molecular complexity index is 476. The van der Waals surface area contributed by atoms with E-state index in [1.807, 2.05) is 17.7 Å². The first kappa shape index (κ1) is 8.44. The first-order valence-electron chi connectivity index (χ1n) is 3.78. The summed E-state index contributed by atoms with van der Waals surface area (Å²) in [5, 5.41) is 0. The Hall–Kier alpha value is -1.16. The van der Waals surface area contributed by atoms with Crippen molar-refractivity contribution in [2.24, 2.45) is 7.05 Å². The molecule has 1 aromatic heterocycles. The summed E-state index contributed by atoms with van der Waals surface area (Å²) in [5.74, 6) is 0. The van der Waals surface area contributed by atoms with E-state index in [1.165, 1.54) is 0 Å². The predicted molar refractivity (Wildman–Crippen MR) is 53.8 cm³/mol. The van der Waals surface area contributed by atoms with Crippen LogP contribution in [-0.4, -0.2) is 15.8 Å². The van der Waals surface area contributed by atoms with Crippen molar-refractivity contribution in [1.29, 1.82) is 0 Å². The zero-order valence-corrected chi connectivity index (χ0v) is 8.58. The van der Waals surface area contributed by atoms with Gasteiger partial charge in [0.2, 0.25) is 0 Å². The number of rotatable bonds is 1. The van der Waals surface area contributed by atoms with Gasteiger partial charge in [0.25, 0.3) is 0 Å². The Balaban J connectivity index is 2.83. The Morgan fingerprint density at radius 1 is 1.54 bits per heavy atom. The Morgan fingerprint density at radius 2 is 2.31 bits per heavy atom. The average Bonchev–Trinajstić information content (AvgIpc) is 2.47. The third kappa shape index (κ3) is 1.27. The third-order valence-corrected chi connectivity index (χ3v) is 2.66. The van der Waals surface area contributed by atoms with Crippen molar-refractivity contribution in [3.05, 3.63) is 28.5 Å². The molecule has 1 aromatic carbocycles. The van der Waals surface area contributed by atoms with Crippen LogP contribution in [0.25, 0.3) is 11.0 Å². The second-order valence-electron chi connectivity index (χ2n) is 2.84. The molecule has 0 saturated heterocycles. The summed E-state index contributed by atoms with van der Waals surface area (Å²) >= 11 is 3.32. The molecule has 66 valence electrons. The lowest BCUT2D eigenvalue weighted by Gasteiger charge is -1.97. The number of carbonyl (C=O) groups is 1. The maximum absolute atomic E-state index is 10.6. The smallest absolute Gasteiger partial charge is 0.151 e. The summed E-state index contributed by atoms with van der Waals surface area (Å²) < 4.78 is 2.72. The van der Waals surface area contributed by atoms with Crippen LogP contribution in [0.15, 0.2) is 22.9 Å². The van der Waals surface area contributed by atoms with Gasteiger partial charge in [-0.25, -0.2) is 4.98 Å². The van der Waals surface area contributed by atoms with E-state index in [1.54, 1.807) is 12.4 Å². The van der Waals surface area contributed by atoms with Gasteiger partial charge in [-0.3, -0.25) is 4.79 Å². The molecule has 13 heavy (non-hydrogen) atoms. The van der Waals surface area contributed by atoms with Gasteiger partial charge >= 0.3 is 0 Å². The van der Waals surface area contributed by atoms with E-state index in [0.29, 0.717) is 5.56 Å². The van der Waals surface area contributed by atoms with Crippen LogP contribution in [0, 0.1) is 0 Å². The molecule has 3 nitrogen and oxygen atoms in total. The fraction of sp³-hybridized carbons (Fsp3) is 0.111. The average molecular weight is 239 g/mol. The van der Waals surface area contributed by atoms with Gasteiger partial charge in [-0.1, -0.05) is 0 Å². The number of hydrogen-bond donors (Lipinski definition) is 0. The van der Waals surface area contributed by atoms with E-state index in [9.17, 15) is 4.79 Å². The molecule has 0 aliphatic heterocycles. The van der Waals surface area contributed by atoms with Crippen LogP contribution in [0.4, 0.5) is 0 Å². The van der Waals surface area contributed by atoms with Gasteiger partial charge in [0.1, 0.15) is 0 Å². The SMILES string of the molecule is Cn1cnc2cc(C=O)c(Br)cc21. The summed E-state index contributed by atoms with van der Waals surface area (Å²) in [6.45, 7) is 0. The second-order valence-corrected chi connectivity index (χ2v) is 3.69. The van der Waals surface area contributed by atoms with Gasteiger partial charge in [-0.15, -0.1) is 0 Å². The molecule has 0 radical (unpaired) electrons. The molecule has 0 saturated carbocycles. The molecule has 2 aromatic rings. The quantitative estimate of drug-likeness (QED) is 0.714. The lowest BCUT2D eigenvalue weighted by molar-refractivity contribution is 0.112. The highest BCUT2D eigenvalue weighted by molar-refractivity contribution is 9.10. The molecule has 0 atom stereocenters. The summed E-state index contributed by atoms with van der Waals surface area (Å²) in [5.41, 5.74) is 2.48. The summed E-state index contributed by atoms with van der Waals surface area (Å²) in [4.78, 5) is 14.8. The lowest BCUT2D eigenvalue weighted by atomic mass is 10.2. The van der Waals surface area contributed by atoms with Crippen LogP contribution in [0.2, 0.25) is 0 Å². The van der Waals surface area contributed by atoms with Crippen LogP contribution in [-0.2, 0) is 7.05 Å². The van der Waals surface area contributed by atoms with Gasteiger partial charge in [-0.05, 0) is 28.1 Å². The number of carbonyl (C=O) groups excluding carboxylic acids is 1. The number of nitrogens with zero attached hydrogens (tertiary/aromatic N) is 2. The minimum atomic E-state index is 0.631. The summed E-state index contributed by atoms with van der Waals surface area (Å²) in [6.07, 6.45) is 2.55. The number of aromatic nitrogens is 2. The molecule has 0 bridgehead atoms. The molecule has 1 heterocycles. The molecule has 0 N–H and O–H groups in total. The number of hydrogen-bond acceptors (Lipinski definition) is 2. The largest absolute Gasteiger partial charge is 0.334 e. The Kier molecular flexibility index (Phi) is 1.92.